The molecular formula is C15H23N3O2S. The van der Waals surface area contributed by atoms with Crippen molar-refractivity contribution in [3.05, 3.63) is 18.0 Å². The molecule has 3 aliphatic carbocycles. The lowest BCUT2D eigenvalue weighted by Gasteiger charge is -2.20. The zero-order valence-corrected chi connectivity index (χ0v) is 13.0. The molecule has 2 N–H and O–H groups in total. The van der Waals surface area contributed by atoms with Gasteiger partial charge >= 0.3 is 0 Å². The van der Waals surface area contributed by atoms with Crippen molar-refractivity contribution >= 4 is 10.0 Å². The van der Waals surface area contributed by atoms with Gasteiger partial charge in [-0.2, -0.15) is 4.31 Å². The van der Waals surface area contributed by atoms with Crippen molar-refractivity contribution in [1.29, 1.82) is 0 Å². The molecule has 0 spiro atoms. The first-order valence-electron chi connectivity index (χ1n) is 8.05. The zero-order chi connectivity index (χ0) is 14.4. The van der Waals surface area contributed by atoms with E-state index < -0.39 is 10.0 Å². The summed E-state index contributed by atoms with van der Waals surface area (Å²) in [7, 11) is -3.32. The van der Waals surface area contributed by atoms with E-state index in [1.165, 1.54) is 25.7 Å². The van der Waals surface area contributed by atoms with Crippen LogP contribution in [0.4, 0.5) is 0 Å². The van der Waals surface area contributed by atoms with Crippen molar-refractivity contribution in [1.82, 2.24) is 14.6 Å². The topological polar surface area (TPSA) is 65.2 Å². The van der Waals surface area contributed by atoms with Crippen LogP contribution in [0.5, 0.6) is 0 Å². The number of hydrogen-bond acceptors (Lipinski definition) is 3. The zero-order valence-electron chi connectivity index (χ0n) is 12.2. The van der Waals surface area contributed by atoms with Crippen LogP contribution in [0.3, 0.4) is 0 Å². The van der Waals surface area contributed by atoms with E-state index in [9.17, 15) is 8.42 Å². The van der Waals surface area contributed by atoms with Gasteiger partial charge in [-0.1, -0.05) is 0 Å². The molecule has 3 saturated carbocycles. The van der Waals surface area contributed by atoms with Crippen LogP contribution in [-0.2, 0) is 16.6 Å². The highest BCUT2D eigenvalue weighted by atomic mass is 32.2. The first-order chi connectivity index (χ1) is 10.1. The fraction of sp³-hybridized carbons (Fsp3) is 0.733. The Bertz CT molecular complexity index is 613. The Morgan fingerprint density at radius 2 is 1.95 bits per heavy atom. The number of hydrogen-bond donors (Lipinski definition) is 2. The Morgan fingerprint density at radius 1 is 1.19 bits per heavy atom. The number of rotatable bonds is 8. The highest BCUT2D eigenvalue weighted by Crippen LogP contribution is 2.38. The maximum atomic E-state index is 12.8. The van der Waals surface area contributed by atoms with Gasteiger partial charge in [0.05, 0.1) is 4.90 Å². The van der Waals surface area contributed by atoms with E-state index in [1.807, 2.05) is 0 Å². The van der Waals surface area contributed by atoms with E-state index in [2.05, 4.69) is 10.3 Å². The fourth-order valence-corrected chi connectivity index (χ4v) is 4.49. The van der Waals surface area contributed by atoms with Crippen molar-refractivity contribution in [3.8, 4) is 0 Å². The van der Waals surface area contributed by atoms with Gasteiger partial charge < -0.3 is 10.3 Å². The quantitative estimate of drug-likeness (QED) is 0.770. The smallest absolute Gasteiger partial charge is 0.244 e. The Kier molecular flexibility index (Phi) is 3.35. The van der Waals surface area contributed by atoms with E-state index in [4.69, 9.17) is 0 Å². The van der Waals surface area contributed by atoms with Crippen LogP contribution in [-0.4, -0.2) is 36.3 Å². The molecular weight excluding hydrogens is 286 g/mol. The van der Waals surface area contributed by atoms with Gasteiger partial charge in [0, 0.05) is 37.1 Å². The lowest BCUT2D eigenvalue weighted by atomic mass is 10.4. The second kappa shape index (κ2) is 5.11. The summed E-state index contributed by atoms with van der Waals surface area (Å²) in [4.78, 5) is 3.54. The minimum absolute atomic E-state index is 0.249. The highest BCUT2D eigenvalue weighted by molar-refractivity contribution is 7.89. The third-order valence-electron chi connectivity index (χ3n) is 4.57. The molecule has 3 fully saturated rings. The van der Waals surface area contributed by atoms with Gasteiger partial charge in [0.2, 0.25) is 10.0 Å². The van der Waals surface area contributed by atoms with Crippen LogP contribution in [0.15, 0.2) is 17.2 Å². The lowest BCUT2D eigenvalue weighted by molar-refractivity contribution is 0.389. The molecule has 5 nitrogen and oxygen atoms in total. The maximum absolute atomic E-state index is 12.8. The van der Waals surface area contributed by atoms with Gasteiger partial charge in [-0.05, 0) is 50.5 Å². The summed E-state index contributed by atoms with van der Waals surface area (Å²) >= 11 is 0. The fourth-order valence-electron chi connectivity index (χ4n) is 2.71. The van der Waals surface area contributed by atoms with Crippen LogP contribution >= 0.6 is 0 Å². The summed E-state index contributed by atoms with van der Waals surface area (Å²) in [6.45, 7) is 1.44. The standard InChI is InChI=1S/C15H23N3O2S/c19-21(20,18(14-5-6-14)10-11-1-2-11)15-7-13(17-9-15)8-16-12-3-4-12/h7,9,11-12,14,16-17H,1-6,8,10H2. The average Bonchev–Trinajstić information content (AvgIpc) is 3.30. The van der Waals surface area contributed by atoms with Gasteiger partial charge in [-0.25, -0.2) is 8.42 Å². The molecule has 1 aromatic heterocycles. The summed E-state index contributed by atoms with van der Waals surface area (Å²) in [5.41, 5.74) is 0.961. The number of sulfonamides is 1. The predicted octanol–water partition coefficient (Wildman–Crippen LogP) is 1.83. The van der Waals surface area contributed by atoms with Crippen LogP contribution < -0.4 is 5.32 Å². The second-order valence-corrected chi connectivity index (χ2v) is 8.66. The second-order valence-electron chi connectivity index (χ2n) is 6.77. The third kappa shape index (κ3) is 3.17. The molecule has 0 amide bonds. The number of nitrogens with zero attached hydrogens (tertiary/aromatic N) is 1. The van der Waals surface area contributed by atoms with Crippen LogP contribution in [0.1, 0.15) is 44.2 Å². The van der Waals surface area contributed by atoms with E-state index in [0.717, 1.165) is 25.1 Å². The van der Waals surface area contributed by atoms with Crippen molar-refractivity contribution < 1.29 is 8.42 Å². The Labute approximate surface area is 126 Å². The Morgan fingerprint density at radius 3 is 2.57 bits per heavy atom. The first kappa shape index (κ1) is 13.8. The Hall–Kier alpha value is -0.850. The minimum atomic E-state index is -3.32. The molecule has 6 heteroatoms. The molecule has 0 atom stereocenters. The summed E-state index contributed by atoms with van der Waals surface area (Å²) in [6.07, 6.45) is 8.54. The molecule has 0 unspecified atom stereocenters. The Balaban J connectivity index is 1.48. The third-order valence-corrected chi connectivity index (χ3v) is 6.47. The number of aromatic nitrogens is 1. The number of nitrogens with one attached hydrogen (secondary N) is 2. The molecule has 116 valence electrons. The summed E-state index contributed by atoms with van der Waals surface area (Å²) in [6, 6.07) is 2.68. The number of H-pyrrole nitrogens is 1. The van der Waals surface area contributed by atoms with E-state index >= 15 is 0 Å². The molecule has 1 heterocycles. The number of aromatic amines is 1. The van der Waals surface area contributed by atoms with Gasteiger partial charge in [0.1, 0.15) is 0 Å². The molecule has 0 saturated heterocycles. The monoisotopic (exact) mass is 309 g/mol. The van der Waals surface area contributed by atoms with E-state index in [0.29, 0.717) is 23.4 Å². The van der Waals surface area contributed by atoms with Crippen molar-refractivity contribution in [2.24, 2.45) is 5.92 Å². The van der Waals surface area contributed by atoms with Crippen LogP contribution in [0.2, 0.25) is 0 Å². The van der Waals surface area contributed by atoms with Crippen molar-refractivity contribution in [3.63, 3.8) is 0 Å². The van der Waals surface area contributed by atoms with Gasteiger partial charge in [-0.15, -0.1) is 0 Å². The lowest BCUT2D eigenvalue weighted by Crippen LogP contribution is -2.34. The maximum Gasteiger partial charge on any atom is 0.244 e. The van der Waals surface area contributed by atoms with Crippen LogP contribution in [0, 0.1) is 5.92 Å². The van der Waals surface area contributed by atoms with E-state index in [-0.39, 0.29) is 6.04 Å². The van der Waals surface area contributed by atoms with Gasteiger partial charge in [0.25, 0.3) is 0 Å². The first-order valence-corrected chi connectivity index (χ1v) is 9.49. The normalized spacial score (nSPS) is 22.9. The molecule has 0 bridgehead atoms. The summed E-state index contributed by atoms with van der Waals surface area (Å²) in [5.74, 6) is 0.593. The largest absolute Gasteiger partial charge is 0.363 e. The minimum Gasteiger partial charge on any atom is -0.363 e. The SMILES string of the molecule is O=S(=O)(c1c[nH]c(CNC2CC2)c1)N(CC1CC1)C1CC1. The molecule has 0 radical (unpaired) electrons. The van der Waals surface area contributed by atoms with Crippen LogP contribution in [0.25, 0.3) is 0 Å². The molecule has 21 heavy (non-hydrogen) atoms. The van der Waals surface area contributed by atoms with Crippen molar-refractivity contribution in [2.45, 2.75) is 62.0 Å². The summed E-state index contributed by atoms with van der Waals surface area (Å²) in [5, 5.41) is 3.40. The van der Waals surface area contributed by atoms with Crippen molar-refractivity contribution in [2.75, 3.05) is 6.54 Å². The predicted molar refractivity (Wildman–Crippen MR) is 80.3 cm³/mol. The highest BCUT2D eigenvalue weighted by Gasteiger charge is 2.41. The molecule has 0 aromatic carbocycles. The van der Waals surface area contributed by atoms with E-state index in [1.54, 1.807) is 16.6 Å². The molecule has 3 aliphatic rings. The molecule has 4 rings (SSSR count). The molecule has 1 aromatic rings. The van der Waals surface area contributed by atoms with Gasteiger partial charge in [-0.3, -0.25) is 0 Å². The summed E-state index contributed by atoms with van der Waals surface area (Å²) < 4.78 is 27.4. The average molecular weight is 309 g/mol. The van der Waals surface area contributed by atoms with Gasteiger partial charge in [0.15, 0.2) is 0 Å². The molecule has 0 aliphatic heterocycles.